The Labute approximate surface area is 92.5 Å². The number of rotatable bonds is 1. The molecule has 0 unspecified atom stereocenters. The topological polar surface area (TPSA) is 15.8 Å². The van der Waals surface area contributed by atoms with Crippen LogP contribution >= 0.6 is 0 Å². The fourth-order valence-corrected chi connectivity index (χ4v) is 1.88. The van der Waals surface area contributed by atoms with Crippen LogP contribution in [0.3, 0.4) is 0 Å². The number of H-pyrrole nitrogens is 1. The van der Waals surface area contributed by atoms with Gasteiger partial charge in [0, 0.05) is 22.7 Å². The van der Waals surface area contributed by atoms with Crippen molar-refractivity contribution in [1.29, 1.82) is 0 Å². The molecule has 0 atom stereocenters. The molecule has 1 nitrogen and oxygen atoms in total. The molecule has 1 heterocycles. The molecule has 0 aliphatic rings. The molecule has 77 valence electrons. The predicted octanol–water partition coefficient (Wildman–Crippen LogP) is 3.77. The molecule has 0 aliphatic heterocycles. The maximum Gasteiger partial charge on any atom is 0.123 e. The Morgan fingerprint density at radius 1 is 1.06 bits per heavy atom. The molecule has 0 amide bonds. The molecule has 0 aliphatic carbocycles. The number of aromatic amines is 1. The van der Waals surface area contributed by atoms with Gasteiger partial charge in [-0.3, -0.25) is 0 Å². The zero-order valence-electron chi connectivity index (χ0n) is 8.50. The second kappa shape index (κ2) is 3.49. The summed E-state index contributed by atoms with van der Waals surface area (Å²) in [6.45, 7) is 0. The van der Waals surface area contributed by atoms with Crippen LogP contribution in [0.25, 0.3) is 22.0 Å². The summed E-state index contributed by atoms with van der Waals surface area (Å²) in [5.74, 6) is -0.211. The number of halogens is 1. The molecular weight excluding hydrogens is 201 g/mol. The maximum absolute atomic E-state index is 12.8. The lowest BCUT2D eigenvalue weighted by molar-refractivity contribution is 0.628. The maximum atomic E-state index is 12.8. The monoisotopic (exact) mass is 210 g/mol. The van der Waals surface area contributed by atoms with Gasteiger partial charge in [-0.05, 0) is 29.8 Å². The number of aromatic nitrogens is 1. The van der Waals surface area contributed by atoms with Gasteiger partial charge in [0.25, 0.3) is 0 Å². The molecule has 3 aromatic rings. The molecule has 1 radical (unpaired) electrons. The highest BCUT2D eigenvalue weighted by atomic mass is 19.1. The fraction of sp³-hybridized carbons (Fsp3) is 0. The lowest BCUT2D eigenvalue weighted by Gasteiger charge is -1.98. The first-order valence-corrected chi connectivity index (χ1v) is 5.08. The minimum Gasteiger partial charge on any atom is -0.361 e. The van der Waals surface area contributed by atoms with Crippen LogP contribution in [0.5, 0.6) is 0 Å². The van der Waals surface area contributed by atoms with Gasteiger partial charge in [-0.25, -0.2) is 4.39 Å². The fourth-order valence-electron chi connectivity index (χ4n) is 1.88. The van der Waals surface area contributed by atoms with E-state index < -0.39 is 0 Å². The summed E-state index contributed by atoms with van der Waals surface area (Å²) < 4.78 is 12.8. The van der Waals surface area contributed by atoms with E-state index in [4.69, 9.17) is 0 Å². The minimum absolute atomic E-state index is 0.211. The van der Waals surface area contributed by atoms with E-state index >= 15 is 0 Å². The lowest BCUT2D eigenvalue weighted by atomic mass is 10.1. The number of hydrogen-bond donors (Lipinski definition) is 1. The summed E-state index contributed by atoms with van der Waals surface area (Å²) in [5, 5.41) is 1.13. The molecule has 0 fully saturated rings. The quantitative estimate of drug-likeness (QED) is 0.629. The van der Waals surface area contributed by atoms with Crippen molar-refractivity contribution < 1.29 is 4.39 Å². The van der Waals surface area contributed by atoms with Crippen LogP contribution in [0.1, 0.15) is 0 Å². The first-order valence-electron chi connectivity index (χ1n) is 5.08. The van der Waals surface area contributed by atoms with Gasteiger partial charge in [0.1, 0.15) is 5.82 Å². The summed E-state index contributed by atoms with van der Waals surface area (Å²) in [7, 11) is 0. The Morgan fingerprint density at radius 3 is 2.69 bits per heavy atom. The van der Waals surface area contributed by atoms with Crippen LogP contribution in [-0.4, -0.2) is 4.98 Å². The first-order chi connectivity index (χ1) is 7.84. The molecule has 16 heavy (non-hydrogen) atoms. The van der Waals surface area contributed by atoms with Gasteiger partial charge in [0.15, 0.2) is 0 Å². The van der Waals surface area contributed by atoms with E-state index in [2.05, 4.69) is 11.1 Å². The Hall–Kier alpha value is -2.09. The SMILES string of the molecule is Fc1ccc(-c2c[nH]c3c[c]ccc23)cc1. The molecule has 3 rings (SSSR count). The van der Waals surface area contributed by atoms with E-state index in [0.717, 1.165) is 22.0 Å². The Morgan fingerprint density at radius 2 is 1.88 bits per heavy atom. The summed E-state index contributed by atoms with van der Waals surface area (Å²) >= 11 is 0. The molecule has 2 heteroatoms. The first kappa shape index (κ1) is 9.16. The van der Waals surface area contributed by atoms with Crippen molar-refractivity contribution in [3.63, 3.8) is 0 Å². The highest BCUT2D eigenvalue weighted by molar-refractivity contribution is 5.95. The molecule has 1 N–H and O–H groups in total. The zero-order chi connectivity index (χ0) is 11.0. The van der Waals surface area contributed by atoms with Crippen molar-refractivity contribution in [3.05, 3.63) is 60.5 Å². The number of hydrogen-bond acceptors (Lipinski definition) is 0. The third-order valence-corrected chi connectivity index (χ3v) is 2.68. The smallest absolute Gasteiger partial charge is 0.123 e. The normalized spacial score (nSPS) is 10.8. The largest absolute Gasteiger partial charge is 0.361 e. The molecule has 0 bridgehead atoms. The molecular formula is C14H9FN. The van der Waals surface area contributed by atoms with Crippen LogP contribution in [0.2, 0.25) is 0 Å². The summed E-state index contributed by atoms with van der Waals surface area (Å²) in [6.07, 6.45) is 1.94. The van der Waals surface area contributed by atoms with Crippen molar-refractivity contribution in [1.82, 2.24) is 4.98 Å². The molecule has 0 saturated carbocycles. The number of fused-ring (bicyclic) bond motifs is 1. The van der Waals surface area contributed by atoms with Gasteiger partial charge >= 0.3 is 0 Å². The Balaban J connectivity index is 2.22. The third-order valence-electron chi connectivity index (χ3n) is 2.68. The van der Waals surface area contributed by atoms with E-state index in [-0.39, 0.29) is 5.82 Å². The number of nitrogens with one attached hydrogen (secondary N) is 1. The van der Waals surface area contributed by atoms with Crippen molar-refractivity contribution in [2.45, 2.75) is 0 Å². The van der Waals surface area contributed by atoms with Gasteiger partial charge in [-0.15, -0.1) is 0 Å². The third kappa shape index (κ3) is 1.39. The lowest BCUT2D eigenvalue weighted by Crippen LogP contribution is -1.76. The second-order valence-electron chi connectivity index (χ2n) is 3.68. The summed E-state index contributed by atoms with van der Waals surface area (Å²) in [5.41, 5.74) is 3.14. The van der Waals surface area contributed by atoms with Crippen LogP contribution in [0.4, 0.5) is 4.39 Å². The van der Waals surface area contributed by atoms with E-state index in [1.807, 2.05) is 24.4 Å². The predicted molar refractivity (Wildman–Crippen MR) is 62.5 cm³/mol. The molecule has 1 aromatic heterocycles. The average Bonchev–Trinajstić information content (AvgIpc) is 2.74. The van der Waals surface area contributed by atoms with E-state index in [9.17, 15) is 4.39 Å². The van der Waals surface area contributed by atoms with E-state index in [1.165, 1.54) is 12.1 Å². The van der Waals surface area contributed by atoms with E-state index in [0.29, 0.717) is 0 Å². The van der Waals surface area contributed by atoms with Crippen molar-refractivity contribution in [2.24, 2.45) is 0 Å². The minimum atomic E-state index is -0.211. The number of benzene rings is 2. The van der Waals surface area contributed by atoms with Gasteiger partial charge in [0.2, 0.25) is 0 Å². The molecule has 2 aromatic carbocycles. The highest BCUT2D eigenvalue weighted by Gasteiger charge is 2.04. The van der Waals surface area contributed by atoms with Gasteiger partial charge < -0.3 is 4.98 Å². The van der Waals surface area contributed by atoms with Crippen LogP contribution in [-0.2, 0) is 0 Å². The zero-order valence-corrected chi connectivity index (χ0v) is 8.50. The van der Waals surface area contributed by atoms with Crippen molar-refractivity contribution in [3.8, 4) is 11.1 Å². The summed E-state index contributed by atoms with van der Waals surface area (Å²) in [4.78, 5) is 3.18. The van der Waals surface area contributed by atoms with Gasteiger partial charge in [-0.1, -0.05) is 24.3 Å². The highest BCUT2D eigenvalue weighted by Crippen LogP contribution is 2.28. The summed E-state index contributed by atoms with van der Waals surface area (Å²) in [6, 6.07) is 15.3. The van der Waals surface area contributed by atoms with Gasteiger partial charge in [0.05, 0.1) is 0 Å². The second-order valence-corrected chi connectivity index (χ2v) is 3.68. The van der Waals surface area contributed by atoms with Crippen molar-refractivity contribution in [2.75, 3.05) is 0 Å². The van der Waals surface area contributed by atoms with Crippen LogP contribution < -0.4 is 0 Å². The van der Waals surface area contributed by atoms with Crippen LogP contribution in [0.15, 0.2) is 48.7 Å². The molecule has 0 saturated heterocycles. The molecule has 0 spiro atoms. The van der Waals surface area contributed by atoms with Crippen LogP contribution in [0, 0.1) is 11.9 Å². The Kier molecular flexibility index (Phi) is 2.00. The average molecular weight is 210 g/mol. The Bertz CT molecular complexity index is 623. The van der Waals surface area contributed by atoms with Crippen molar-refractivity contribution >= 4 is 10.9 Å². The standard InChI is InChI=1S/C14H9FN/c15-11-7-5-10(6-8-11)13-9-16-14-4-2-1-3-12(13)14/h1,3-9,16H. The van der Waals surface area contributed by atoms with E-state index in [1.54, 1.807) is 12.1 Å². The van der Waals surface area contributed by atoms with Gasteiger partial charge in [-0.2, -0.15) is 0 Å².